The van der Waals surface area contributed by atoms with Crippen molar-refractivity contribution in [2.24, 2.45) is 0 Å². The number of fused-ring (bicyclic) bond motifs is 2. The zero-order valence-electron chi connectivity index (χ0n) is 19.1. The lowest BCUT2D eigenvalue weighted by molar-refractivity contribution is -0.136. The molecule has 0 bridgehead atoms. The number of hydrogen-bond donors (Lipinski definition) is 1. The van der Waals surface area contributed by atoms with Crippen molar-refractivity contribution in [3.05, 3.63) is 65.5 Å². The van der Waals surface area contributed by atoms with Gasteiger partial charge in [0.05, 0.1) is 23.2 Å². The Bertz CT molecular complexity index is 1350. The van der Waals surface area contributed by atoms with Crippen LogP contribution in [0.25, 0.3) is 5.52 Å². The number of aromatic nitrogens is 2. The lowest BCUT2D eigenvalue weighted by Gasteiger charge is -2.36. The van der Waals surface area contributed by atoms with Gasteiger partial charge in [-0.15, -0.1) is 0 Å². The van der Waals surface area contributed by atoms with Crippen LogP contribution in [0.4, 0.5) is 10.1 Å². The van der Waals surface area contributed by atoms with Crippen molar-refractivity contribution < 1.29 is 18.8 Å². The van der Waals surface area contributed by atoms with E-state index in [1.54, 1.807) is 6.07 Å². The summed E-state index contributed by atoms with van der Waals surface area (Å²) in [6.07, 6.45) is 4.27. The lowest BCUT2D eigenvalue weighted by atomic mass is 10.0. The van der Waals surface area contributed by atoms with E-state index in [1.807, 2.05) is 34.0 Å². The summed E-state index contributed by atoms with van der Waals surface area (Å²) in [5.41, 5.74) is 3.60. The number of imide groups is 1. The van der Waals surface area contributed by atoms with E-state index in [4.69, 9.17) is 0 Å². The first-order chi connectivity index (χ1) is 17.0. The van der Waals surface area contributed by atoms with E-state index in [9.17, 15) is 14.4 Å². The fourth-order valence-corrected chi connectivity index (χ4v) is 5.30. The van der Waals surface area contributed by atoms with Gasteiger partial charge < -0.3 is 14.2 Å². The molecule has 0 aliphatic carbocycles. The van der Waals surface area contributed by atoms with E-state index in [0.717, 1.165) is 30.8 Å². The highest BCUT2D eigenvalue weighted by Crippen LogP contribution is 2.33. The zero-order chi connectivity index (χ0) is 24.1. The third kappa shape index (κ3) is 3.83. The summed E-state index contributed by atoms with van der Waals surface area (Å²) < 4.78 is 17.1. The number of anilines is 1. The molecule has 0 saturated carbocycles. The predicted molar refractivity (Wildman–Crippen MR) is 125 cm³/mol. The van der Waals surface area contributed by atoms with E-state index in [0.29, 0.717) is 29.9 Å². The van der Waals surface area contributed by atoms with Crippen LogP contribution in [0.3, 0.4) is 0 Å². The molecular weight excluding hydrogens is 451 g/mol. The predicted octanol–water partition coefficient (Wildman–Crippen LogP) is 1.56. The number of pyridine rings is 1. The van der Waals surface area contributed by atoms with Crippen LogP contribution in [0.15, 0.2) is 42.9 Å². The van der Waals surface area contributed by atoms with Gasteiger partial charge in [0.15, 0.2) is 0 Å². The molecule has 3 aromatic rings. The van der Waals surface area contributed by atoms with Crippen LogP contribution < -0.4 is 10.2 Å². The van der Waals surface area contributed by atoms with Gasteiger partial charge in [-0.2, -0.15) is 0 Å². The molecule has 2 aromatic heterocycles. The van der Waals surface area contributed by atoms with Crippen LogP contribution in [0.2, 0.25) is 0 Å². The Morgan fingerprint density at radius 2 is 1.91 bits per heavy atom. The van der Waals surface area contributed by atoms with Crippen LogP contribution in [-0.2, 0) is 22.7 Å². The molecule has 2 saturated heterocycles. The van der Waals surface area contributed by atoms with Crippen molar-refractivity contribution in [1.82, 2.24) is 24.5 Å². The number of rotatable bonds is 4. The molecular formula is C25H25FN6O3. The first-order valence-corrected chi connectivity index (χ1v) is 11.8. The van der Waals surface area contributed by atoms with Gasteiger partial charge >= 0.3 is 0 Å². The molecule has 1 aromatic carbocycles. The Hall–Kier alpha value is -3.79. The molecule has 0 spiro atoms. The van der Waals surface area contributed by atoms with E-state index < -0.39 is 17.8 Å². The topological polar surface area (TPSA) is 90.3 Å². The maximum Gasteiger partial charge on any atom is 0.255 e. The van der Waals surface area contributed by atoms with Gasteiger partial charge in [0.25, 0.3) is 5.91 Å². The molecule has 3 aliphatic heterocycles. The summed E-state index contributed by atoms with van der Waals surface area (Å²) in [6.45, 7) is 3.82. The minimum Gasteiger partial charge on any atom is -0.367 e. The van der Waals surface area contributed by atoms with Gasteiger partial charge in [0, 0.05) is 57.4 Å². The average Bonchev–Trinajstić information content (AvgIpc) is 3.40. The quantitative estimate of drug-likeness (QED) is 0.575. The fourth-order valence-electron chi connectivity index (χ4n) is 5.30. The van der Waals surface area contributed by atoms with Crippen molar-refractivity contribution in [1.29, 1.82) is 0 Å². The average molecular weight is 477 g/mol. The van der Waals surface area contributed by atoms with Gasteiger partial charge in [-0.05, 0) is 36.2 Å². The smallest absolute Gasteiger partial charge is 0.255 e. The SMILES string of the molecule is O=C1CCC(N2Cc3cc(N4CCN(Cc5ncn6ccccc56)CC4)c(F)cc3C2=O)C(=O)N1. The van der Waals surface area contributed by atoms with Crippen molar-refractivity contribution in [3.8, 4) is 0 Å². The lowest BCUT2D eigenvalue weighted by Crippen LogP contribution is -2.52. The van der Waals surface area contributed by atoms with Crippen molar-refractivity contribution in [3.63, 3.8) is 0 Å². The second-order valence-corrected chi connectivity index (χ2v) is 9.31. The van der Waals surface area contributed by atoms with Crippen molar-refractivity contribution in [2.75, 3.05) is 31.1 Å². The summed E-state index contributed by atoms with van der Waals surface area (Å²) >= 11 is 0. The molecule has 5 heterocycles. The second-order valence-electron chi connectivity index (χ2n) is 9.31. The molecule has 35 heavy (non-hydrogen) atoms. The fraction of sp³-hybridized carbons (Fsp3) is 0.360. The van der Waals surface area contributed by atoms with E-state index in [-0.39, 0.29) is 31.2 Å². The van der Waals surface area contributed by atoms with Crippen LogP contribution in [0.5, 0.6) is 0 Å². The van der Waals surface area contributed by atoms with Crippen molar-refractivity contribution in [2.45, 2.75) is 32.0 Å². The maximum absolute atomic E-state index is 15.1. The minimum atomic E-state index is -0.707. The van der Waals surface area contributed by atoms with Crippen molar-refractivity contribution >= 4 is 28.9 Å². The highest BCUT2D eigenvalue weighted by molar-refractivity contribution is 6.05. The standard InChI is InChI=1S/C25H25FN6O3/c26-18-12-17-16(13-32(25(17)35)21-4-5-23(33)28-24(21)34)11-22(18)30-9-7-29(8-10-30)14-19-20-3-1-2-6-31(20)15-27-19/h1-3,6,11-12,15,21H,4-5,7-10,13-14H2,(H,28,33,34). The van der Waals surface area contributed by atoms with Gasteiger partial charge in [0.1, 0.15) is 11.9 Å². The zero-order valence-corrected chi connectivity index (χ0v) is 19.1. The number of halogens is 1. The third-order valence-electron chi connectivity index (χ3n) is 7.20. The Labute approximate surface area is 201 Å². The molecule has 0 radical (unpaired) electrons. The van der Waals surface area contributed by atoms with Gasteiger partial charge in [-0.25, -0.2) is 9.37 Å². The van der Waals surface area contributed by atoms with E-state index in [1.165, 1.54) is 11.0 Å². The number of amides is 3. The summed E-state index contributed by atoms with van der Waals surface area (Å²) in [5.74, 6) is -1.60. The monoisotopic (exact) mass is 476 g/mol. The van der Waals surface area contributed by atoms with Gasteiger partial charge in [-0.3, -0.25) is 24.6 Å². The molecule has 2 fully saturated rings. The summed E-state index contributed by atoms with van der Waals surface area (Å²) in [5, 5.41) is 2.29. The molecule has 6 rings (SSSR count). The van der Waals surface area contributed by atoms with Gasteiger partial charge in [0.2, 0.25) is 11.8 Å². The molecule has 1 N–H and O–H groups in total. The van der Waals surface area contributed by atoms with Crippen LogP contribution >= 0.6 is 0 Å². The number of hydrogen-bond acceptors (Lipinski definition) is 6. The Kier molecular flexibility index (Phi) is 5.25. The van der Waals surface area contributed by atoms with Crippen LogP contribution in [-0.4, -0.2) is 69.1 Å². The number of carbonyl (C=O) groups excluding carboxylic acids is 3. The number of piperidine rings is 1. The number of piperazine rings is 1. The highest BCUT2D eigenvalue weighted by Gasteiger charge is 2.40. The van der Waals surface area contributed by atoms with Crippen LogP contribution in [0, 0.1) is 5.82 Å². The molecule has 180 valence electrons. The summed E-state index contributed by atoms with van der Waals surface area (Å²) in [6, 6.07) is 8.36. The molecule has 9 nitrogen and oxygen atoms in total. The Morgan fingerprint density at radius 3 is 2.71 bits per heavy atom. The van der Waals surface area contributed by atoms with Gasteiger partial charge in [-0.1, -0.05) is 6.07 Å². The number of nitrogens with zero attached hydrogens (tertiary/aromatic N) is 5. The molecule has 1 atom stereocenters. The highest BCUT2D eigenvalue weighted by atomic mass is 19.1. The number of nitrogens with one attached hydrogen (secondary N) is 1. The summed E-state index contributed by atoms with van der Waals surface area (Å²) in [7, 11) is 0. The first kappa shape index (κ1) is 21.7. The van der Waals surface area contributed by atoms with E-state index >= 15 is 4.39 Å². The molecule has 3 aliphatic rings. The summed E-state index contributed by atoms with van der Waals surface area (Å²) in [4.78, 5) is 47.0. The largest absolute Gasteiger partial charge is 0.367 e. The maximum atomic E-state index is 15.1. The normalized spacial score (nSPS) is 21.1. The first-order valence-electron chi connectivity index (χ1n) is 11.8. The Morgan fingerprint density at radius 1 is 1.09 bits per heavy atom. The second kappa shape index (κ2) is 8.46. The van der Waals surface area contributed by atoms with Crippen LogP contribution in [0.1, 0.15) is 34.5 Å². The number of imidazole rings is 1. The van der Waals surface area contributed by atoms with E-state index in [2.05, 4.69) is 21.3 Å². The minimum absolute atomic E-state index is 0.190. The number of benzene rings is 1. The molecule has 3 amide bonds. The third-order valence-corrected chi connectivity index (χ3v) is 7.20. The Balaban J connectivity index is 1.14. The number of carbonyl (C=O) groups is 3. The molecule has 1 unspecified atom stereocenters. The molecule has 10 heteroatoms.